The van der Waals surface area contributed by atoms with Crippen molar-refractivity contribution in [3.8, 4) is 5.75 Å². The SMILES string of the molecule is CCCc1cc(Cl)ccc1C1COc2ccc3cc2N(C1)CC1CCC1C(CSN(C)C)/C=C/CC(C)C(C)S(=O)NC3=O. The molecule has 0 aromatic heterocycles. The first-order valence-electron chi connectivity index (χ1n) is 16.1. The number of carbonyl (C=O) groups is 1. The highest BCUT2D eigenvalue weighted by atomic mass is 35.5. The number of fused-ring (bicyclic) bond motifs is 2. The van der Waals surface area contributed by atoms with Gasteiger partial charge < -0.3 is 9.64 Å². The second-order valence-corrected chi connectivity index (χ2v) is 16.3. The third-order valence-electron chi connectivity index (χ3n) is 9.74. The maximum Gasteiger partial charge on any atom is 0.263 e. The van der Waals surface area contributed by atoms with Gasteiger partial charge in [-0.3, -0.25) is 13.8 Å². The van der Waals surface area contributed by atoms with Gasteiger partial charge in [0.2, 0.25) is 0 Å². The number of ether oxygens (including phenoxy) is 1. The van der Waals surface area contributed by atoms with Crippen molar-refractivity contribution in [1.82, 2.24) is 9.03 Å². The topological polar surface area (TPSA) is 61.9 Å². The smallest absolute Gasteiger partial charge is 0.263 e. The number of nitrogens with zero attached hydrogens (tertiary/aromatic N) is 2. The number of amides is 1. The number of nitrogens with one attached hydrogen (secondary N) is 1. The van der Waals surface area contributed by atoms with Crippen molar-refractivity contribution >= 4 is 46.1 Å². The zero-order chi connectivity index (χ0) is 31.4. The summed E-state index contributed by atoms with van der Waals surface area (Å²) >= 11 is 8.33. The third kappa shape index (κ3) is 7.86. The van der Waals surface area contributed by atoms with Crippen LogP contribution in [0.15, 0.2) is 48.6 Å². The number of benzene rings is 2. The van der Waals surface area contributed by atoms with Gasteiger partial charge in [0.05, 0.1) is 17.5 Å². The standard InChI is InChI=1S/C35H48ClN3O3S2/c1-6-8-25-17-30(36)13-15-31(25)29-20-39-19-27-11-14-32(27)28(22-43-38(4)5)10-7-9-23(2)24(3)44(41)37-35(40)26-12-16-34(42-21-29)33(39)18-26/h7,10,12-13,15-18,23-24,27-29,32H,6,8-9,11,14,19-22H2,1-5H3,(H,37,40)/b10-7+. The summed E-state index contributed by atoms with van der Waals surface area (Å²) in [5.74, 6) is 3.50. The Balaban J connectivity index is 1.53. The molecule has 44 heavy (non-hydrogen) atoms. The van der Waals surface area contributed by atoms with Gasteiger partial charge in [0.25, 0.3) is 5.91 Å². The van der Waals surface area contributed by atoms with E-state index in [1.54, 1.807) is 6.07 Å². The van der Waals surface area contributed by atoms with E-state index in [2.05, 4.69) is 66.2 Å². The molecule has 1 N–H and O–H groups in total. The number of aryl methyl sites for hydroxylation is 1. The highest BCUT2D eigenvalue weighted by Crippen LogP contribution is 2.45. The predicted octanol–water partition coefficient (Wildman–Crippen LogP) is 7.51. The molecule has 2 aromatic rings. The molecule has 0 saturated heterocycles. The molecule has 0 radical (unpaired) electrons. The Kier molecular flexibility index (Phi) is 11.4. The Bertz CT molecular complexity index is 1370. The summed E-state index contributed by atoms with van der Waals surface area (Å²) in [4.78, 5) is 15.8. The molecule has 9 heteroatoms. The van der Waals surface area contributed by atoms with E-state index in [-0.39, 0.29) is 23.0 Å². The monoisotopic (exact) mass is 657 g/mol. The first-order valence-corrected chi connectivity index (χ1v) is 18.7. The summed E-state index contributed by atoms with van der Waals surface area (Å²) in [5, 5.41) is 0.601. The van der Waals surface area contributed by atoms with E-state index < -0.39 is 11.0 Å². The van der Waals surface area contributed by atoms with Gasteiger partial charge in [-0.1, -0.05) is 62.0 Å². The molecule has 2 aliphatic heterocycles. The number of carbonyl (C=O) groups excluding carboxylic acids is 1. The first kappa shape index (κ1) is 33.4. The molecule has 7 unspecified atom stereocenters. The lowest BCUT2D eigenvalue weighted by atomic mass is 9.67. The van der Waals surface area contributed by atoms with Crippen molar-refractivity contribution in [2.24, 2.45) is 23.7 Å². The van der Waals surface area contributed by atoms with Gasteiger partial charge in [0, 0.05) is 35.3 Å². The van der Waals surface area contributed by atoms with Crippen LogP contribution in [0.2, 0.25) is 5.02 Å². The van der Waals surface area contributed by atoms with E-state index in [1.165, 1.54) is 24.0 Å². The Hall–Kier alpha value is -2.00. The molecule has 1 aliphatic carbocycles. The number of hydrogen-bond acceptors (Lipinski definition) is 6. The van der Waals surface area contributed by atoms with Crippen LogP contribution in [-0.4, -0.2) is 59.2 Å². The van der Waals surface area contributed by atoms with Gasteiger partial charge in [-0.2, -0.15) is 0 Å². The van der Waals surface area contributed by atoms with Crippen molar-refractivity contribution in [1.29, 1.82) is 0 Å². The number of allylic oxidation sites excluding steroid dienone is 2. The molecule has 2 bridgehead atoms. The van der Waals surface area contributed by atoms with E-state index in [4.69, 9.17) is 16.3 Å². The molecular weight excluding hydrogens is 610 g/mol. The van der Waals surface area contributed by atoms with Crippen molar-refractivity contribution in [2.75, 3.05) is 44.4 Å². The molecule has 2 heterocycles. The van der Waals surface area contributed by atoms with E-state index in [9.17, 15) is 9.00 Å². The lowest BCUT2D eigenvalue weighted by Crippen LogP contribution is -2.43. The van der Waals surface area contributed by atoms with Crippen molar-refractivity contribution in [2.45, 2.75) is 64.0 Å². The highest BCUT2D eigenvalue weighted by molar-refractivity contribution is 7.96. The zero-order valence-electron chi connectivity index (χ0n) is 26.8. The van der Waals surface area contributed by atoms with E-state index in [1.807, 2.05) is 37.1 Å². The second-order valence-electron chi connectivity index (χ2n) is 13.0. The number of hydrogen-bond donors (Lipinski definition) is 1. The van der Waals surface area contributed by atoms with Gasteiger partial charge in [-0.05, 0) is 112 Å². The highest BCUT2D eigenvalue weighted by Gasteiger charge is 2.39. The summed E-state index contributed by atoms with van der Waals surface area (Å²) in [7, 11) is 2.74. The normalized spacial score (nSPS) is 30.0. The molecular formula is C35H48ClN3O3S2. The van der Waals surface area contributed by atoms with E-state index in [0.717, 1.165) is 54.6 Å². The quantitative estimate of drug-likeness (QED) is 0.256. The predicted molar refractivity (Wildman–Crippen MR) is 186 cm³/mol. The molecule has 1 amide bonds. The van der Waals surface area contributed by atoms with Crippen molar-refractivity contribution in [3.63, 3.8) is 0 Å². The van der Waals surface area contributed by atoms with Crippen molar-refractivity contribution < 1.29 is 13.7 Å². The first-order chi connectivity index (χ1) is 21.1. The van der Waals surface area contributed by atoms with Gasteiger partial charge in [-0.25, -0.2) is 4.21 Å². The number of anilines is 1. The molecule has 6 nitrogen and oxygen atoms in total. The van der Waals surface area contributed by atoms with Crippen LogP contribution in [0, 0.1) is 23.7 Å². The average Bonchev–Trinajstić information content (AvgIpc) is 3.16. The Morgan fingerprint density at radius 1 is 1.14 bits per heavy atom. The van der Waals surface area contributed by atoms with Gasteiger partial charge in [0.1, 0.15) is 16.7 Å². The van der Waals surface area contributed by atoms with Gasteiger partial charge in [-0.15, -0.1) is 0 Å². The van der Waals surface area contributed by atoms with Crippen LogP contribution in [0.3, 0.4) is 0 Å². The molecule has 0 spiro atoms. The number of rotatable bonds is 6. The summed E-state index contributed by atoms with van der Waals surface area (Å²) in [6.45, 7) is 8.56. The summed E-state index contributed by atoms with van der Waals surface area (Å²) in [6.07, 6.45) is 10.0. The van der Waals surface area contributed by atoms with Crippen LogP contribution in [0.1, 0.15) is 73.9 Å². The van der Waals surface area contributed by atoms with Crippen LogP contribution >= 0.6 is 23.5 Å². The lowest BCUT2D eigenvalue weighted by molar-refractivity contribution is 0.0982. The maximum absolute atomic E-state index is 13.4. The molecule has 7 atom stereocenters. The summed E-state index contributed by atoms with van der Waals surface area (Å²) in [6, 6.07) is 12.0. The Labute approximate surface area is 276 Å². The van der Waals surface area contributed by atoms with Gasteiger partial charge in [0.15, 0.2) is 0 Å². The van der Waals surface area contributed by atoms with Gasteiger partial charge >= 0.3 is 0 Å². The molecule has 1 fully saturated rings. The van der Waals surface area contributed by atoms with E-state index in [0.29, 0.717) is 29.9 Å². The fourth-order valence-corrected chi connectivity index (χ4v) is 8.84. The Morgan fingerprint density at radius 2 is 1.95 bits per heavy atom. The minimum Gasteiger partial charge on any atom is -0.491 e. The molecule has 240 valence electrons. The fourth-order valence-electron chi connectivity index (χ4n) is 6.79. The minimum absolute atomic E-state index is 0.164. The molecule has 1 saturated carbocycles. The molecule has 5 rings (SSSR count). The lowest BCUT2D eigenvalue weighted by Gasteiger charge is -2.44. The van der Waals surface area contributed by atoms with Crippen LogP contribution in [-0.2, 0) is 17.4 Å². The number of halogens is 1. The van der Waals surface area contributed by atoms with Crippen LogP contribution in [0.4, 0.5) is 5.69 Å². The summed E-state index contributed by atoms with van der Waals surface area (Å²) < 4.78 is 24.7. The van der Waals surface area contributed by atoms with Crippen LogP contribution < -0.4 is 14.4 Å². The van der Waals surface area contributed by atoms with Crippen LogP contribution in [0.25, 0.3) is 0 Å². The van der Waals surface area contributed by atoms with E-state index >= 15 is 0 Å². The largest absolute Gasteiger partial charge is 0.491 e. The van der Waals surface area contributed by atoms with Crippen LogP contribution in [0.5, 0.6) is 5.75 Å². The maximum atomic E-state index is 13.4. The molecule has 2 aromatic carbocycles. The Morgan fingerprint density at radius 3 is 2.68 bits per heavy atom. The second kappa shape index (κ2) is 15.1. The fraction of sp³-hybridized carbons (Fsp3) is 0.571. The zero-order valence-corrected chi connectivity index (χ0v) is 29.1. The third-order valence-corrected chi connectivity index (χ3v) is 12.5. The van der Waals surface area contributed by atoms with Crippen molar-refractivity contribution in [3.05, 3.63) is 70.3 Å². The average molecular weight is 658 g/mol. The minimum atomic E-state index is -1.49. The summed E-state index contributed by atoms with van der Waals surface area (Å²) in [5.41, 5.74) is 4.04. The molecule has 3 aliphatic rings.